The van der Waals surface area contributed by atoms with Gasteiger partial charge in [-0.25, -0.2) is 0 Å². The molecule has 4 heteroatoms. The van der Waals surface area contributed by atoms with E-state index in [4.69, 9.17) is 0 Å². The number of rotatable bonds is 1. The first-order valence-electron chi connectivity index (χ1n) is 6.54. The summed E-state index contributed by atoms with van der Waals surface area (Å²) in [5.74, 6) is 0.723. The molecule has 4 nitrogen and oxygen atoms in total. The molecule has 2 atom stereocenters. The number of nitrogens with zero attached hydrogens (tertiary/aromatic N) is 1. The molecular formula is C13H22N2O2. The van der Waals surface area contributed by atoms with Crippen LogP contribution in [0.25, 0.3) is 0 Å². The normalized spacial score (nSPS) is 32.4. The summed E-state index contributed by atoms with van der Waals surface area (Å²) in [6.07, 6.45) is 3.25. The maximum atomic E-state index is 12.5. The third-order valence-corrected chi connectivity index (χ3v) is 4.30. The van der Waals surface area contributed by atoms with Gasteiger partial charge in [-0.15, -0.1) is 0 Å². The second-order valence-corrected chi connectivity index (χ2v) is 5.82. The van der Waals surface area contributed by atoms with Crippen LogP contribution in [0.5, 0.6) is 0 Å². The van der Waals surface area contributed by atoms with Gasteiger partial charge >= 0.3 is 0 Å². The summed E-state index contributed by atoms with van der Waals surface area (Å²) in [4.78, 5) is 26.1. The number of amides is 2. The van der Waals surface area contributed by atoms with E-state index in [0.717, 1.165) is 19.3 Å². The molecule has 0 radical (unpaired) electrons. The minimum atomic E-state index is -0.697. The zero-order chi connectivity index (χ0) is 12.6. The summed E-state index contributed by atoms with van der Waals surface area (Å²) in [7, 11) is 0. The molecule has 1 aliphatic carbocycles. The molecule has 0 spiro atoms. The van der Waals surface area contributed by atoms with Crippen LogP contribution in [0.1, 0.15) is 40.0 Å². The van der Waals surface area contributed by atoms with Crippen LogP contribution in [-0.2, 0) is 9.59 Å². The summed E-state index contributed by atoms with van der Waals surface area (Å²) < 4.78 is 0. The standard InChI is InChI=1S/C13H22N2O2/c1-9-5-4-6-10(9)11(16)15-8-7-14-12(17)13(15,2)3/h9-10H,4-8H2,1-3H3,(H,14,17). The van der Waals surface area contributed by atoms with E-state index in [1.807, 2.05) is 13.8 Å². The summed E-state index contributed by atoms with van der Waals surface area (Å²) in [5.41, 5.74) is -0.697. The van der Waals surface area contributed by atoms with Gasteiger partial charge in [0.15, 0.2) is 0 Å². The van der Waals surface area contributed by atoms with Crippen LogP contribution in [0, 0.1) is 11.8 Å². The largest absolute Gasteiger partial charge is 0.352 e. The van der Waals surface area contributed by atoms with Gasteiger partial charge < -0.3 is 10.2 Å². The van der Waals surface area contributed by atoms with Crippen molar-refractivity contribution in [3.63, 3.8) is 0 Å². The Labute approximate surface area is 103 Å². The van der Waals surface area contributed by atoms with E-state index in [2.05, 4.69) is 12.2 Å². The Morgan fingerprint density at radius 3 is 2.71 bits per heavy atom. The number of carbonyl (C=O) groups is 2. The predicted octanol–water partition coefficient (Wildman–Crippen LogP) is 1.16. The van der Waals surface area contributed by atoms with Crippen molar-refractivity contribution < 1.29 is 9.59 Å². The van der Waals surface area contributed by atoms with Crippen LogP contribution in [0.3, 0.4) is 0 Å². The molecule has 2 unspecified atom stereocenters. The molecular weight excluding hydrogens is 216 g/mol. The van der Waals surface area contributed by atoms with E-state index in [9.17, 15) is 9.59 Å². The first-order valence-corrected chi connectivity index (χ1v) is 6.54. The van der Waals surface area contributed by atoms with Gasteiger partial charge in [0.25, 0.3) is 0 Å². The molecule has 2 fully saturated rings. The van der Waals surface area contributed by atoms with E-state index in [1.165, 1.54) is 0 Å². The van der Waals surface area contributed by atoms with Crippen LogP contribution in [0.2, 0.25) is 0 Å². The number of nitrogens with one attached hydrogen (secondary N) is 1. The van der Waals surface area contributed by atoms with Crippen LogP contribution in [-0.4, -0.2) is 35.3 Å². The molecule has 96 valence electrons. The van der Waals surface area contributed by atoms with Crippen molar-refractivity contribution in [2.75, 3.05) is 13.1 Å². The number of piperazine rings is 1. The van der Waals surface area contributed by atoms with Crippen molar-refractivity contribution in [2.45, 2.75) is 45.6 Å². The van der Waals surface area contributed by atoms with Crippen molar-refractivity contribution in [2.24, 2.45) is 11.8 Å². The molecule has 0 bridgehead atoms. The lowest BCUT2D eigenvalue weighted by molar-refractivity contribution is -0.152. The van der Waals surface area contributed by atoms with Gasteiger partial charge in [-0.1, -0.05) is 13.3 Å². The minimum Gasteiger partial charge on any atom is -0.352 e. The minimum absolute atomic E-state index is 0.0391. The monoisotopic (exact) mass is 238 g/mol. The second-order valence-electron chi connectivity index (χ2n) is 5.82. The SMILES string of the molecule is CC1CCCC1C(=O)N1CCNC(=O)C1(C)C. The van der Waals surface area contributed by atoms with Crippen molar-refractivity contribution in [1.82, 2.24) is 10.2 Å². The zero-order valence-electron chi connectivity index (χ0n) is 11.0. The van der Waals surface area contributed by atoms with Gasteiger partial charge in [-0.05, 0) is 32.6 Å². The van der Waals surface area contributed by atoms with Gasteiger partial charge in [-0.2, -0.15) is 0 Å². The van der Waals surface area contributed by atoms with Crippen molar-refractivity contribution in [3.8, 4) is 0 Å². The highest BCUT2D eigenvalue weighted by molar-refractivity contribution is 5.92. The van der Waals surface area contributed by atoms with Crippen molar-refractivity contribution in [1.29, 1.82) is 0 Å². The molecule has 1 heterocycles. The van der Waals surface area contributed by atoms with Crippen LogP contribution in [0.4, 0.5) is 0 Å². The lowest BCUT2D eigenvalue weighted by atomic mass is 9.92. The third kappa shape index (κ3) is 2.05. The van der Waals surface area contributed by atoms with E-state index >= 15 is 0 Å². The fraction of sp³-hybridized carbons (Fsp3) is 0.846. The van der Waals surface area contributed by atoms with Crippen LogP contribution in [0.15, 0.2) is 0 Å². The molecule has 2 aliphatic rings. The molecule has 1 saturated heterocycles. The predicted molar refractivity (Wildman–Crippen MR) is 65.3 cm³/mol. The maximum absolute atomic E-state index is 12.5. The Morgan fingerprint density at radius 2 is 2.12 bits per heavy atom. The Balaban J connectivity index is 2.15. The van der Waals surface area contributed by atoms with Gasteiger partial charge in [0.05, 0.1) is 0 Å². The van der Waals surface area contributed by atoms with E-state index in [1.54, 1.807) is 4.90 Å². The first-order chi connectivity index (χ1) is 7.94. The highest BCUT2D eigenvalue weighted by atomic mass is 16.2. The van der Waals surface area contributed by atoms with E-state index < -0.39 is 5.54 Å². The average molecular weight is 238 g/mol. The quantitative estimate of drug-likeness (QED) is 0.745. The van der Waals surface area contributed by atoms with Crippen molar-refractivity contribution in [3.05, 3.63) is 0 Å². The second kappa shape index (κ2) is 4.31. The summed E-state index contributed by atoms with van der Waals surface area (Å²) in [5, 5.41) is 2.83. The lowest BCUT2D eigenvalue weighted by Crippen LogP contribution is -2.64. The molecule has 1 saturated carbocycles. The molecule has 17 heavy (non-hydrogen) atoms. The van der Waals surface area contributed by atoms with Gasteiger partial charge in [0.2, 0.25) is 11.8 Å². The summed E-state index contributed by atoms with van der Waals surface area (Å²) in [6.45, 7) is 7.03. The molecule has 1 aliphatic heterocycles. The fourth-order valence-electron chi connectivity index (χ4n) is 3.00. The average Bonchev–Trinajstić information content (AvgIpc) is 2.68. The number of carbonyl (C=O) groups excluding carboxylic acids is 2. The Morgan fingerprint density at radius 1 is 1.41 bits per heavy atom. The maximum Gasteiger partial charge on any atom is 0.245 e. The summed E-state index contributed by atoms with van der Waals surface area (Å²) >= 11 is 0. The molecule has 2 rings (SSSR count). The molecule has 0 aromatic heterocycles. The van der Waals surface area contributed by atoms with Crippen LogP contribution >= 0.6 is 0 Å². The fourth-order valence-corrected chi connectivity index (χ4v) is 3.00. The van der Waals surface area contributed by atoms with Gasteiger partial charge in [-0.3, -0.25) is 9.59 Å². The van der Waals surface area contributed by atoms with E-state index in [0.29, 0.717) is 19.0 Å². The summed E-state index contributed by atoms with van der Waals surface area (Å²) in [6, 6.07) is 0. The molecule has 0 aromatic rings. The number of hydrogen-bond donors (Lipinski definition) is 1. The number of hydrogen-bond acceptors (Lipinski definition) is 2. The van der Waals surface area contributed by atoms with Crippen molar-refractivity contribution >= 4 is 11.8 Å². The van der Waals surface area contributed by atoms with E-state index in [-0.39, 0.29) is 17.7 Å². The molecule has 1 N–H and O–H groups in total. The molecule has 0 aromatic carbocycles. The smallest absolute Gasteiger partial charge is 0.245 e. The van der Waals surface area contributed by atoms with Gasteiger partial charge in [0, 0.05) is 19.0 Å². The van der Waals surface area contributed by atoms with Crippen LogP contribution < -0.4 is 5.32 Å². The Bertz CT molecular complexity index is 338. The third-order valence-electron chi connectivity index (χ3n) is 4.30. The highest BCUT2D eigenvalue weighted by Gasteiger charge is 2.44. The lowest BCUT2D eigenvalue weighted by Gasteiger charge is -2.42. The highest BCUT2D eigenvalue weighted by Crippen LogP contribution is 2.34. The topological polar surface area (TPSA) is 49.4 Å². The van der Waals surface area contributed by atoms with Gasteiger partial charge in [0.1, 0.15) is 5.54 Å². The Kier molecular flexibility index (Phi) is 3.15. The first kappa shape index (κ1) is 12.4. The molecule has 2 amide bonds. The zero-order valence-corrected chi connectivity index (χ0v) is 11.0. The Hall–Kier alpha value is -1.06.